The minimum absolute atomic E-state index is 0.0916. The summed E-state index contributed by atoms with van der Waals surface area (Å²) in [5.41, 5.74) is 1.70. The van der Waals surface area contributed by atoms with Crippen molar-refractivity contribution in [1.29, 1.82) is 0 Å². The van der Waals surface area contributed by atoms with Crippen molar-refractivity contribution in [2.75, 3.05) is 16.8 Å². The van der Waals surface area contributed by atoms with E-state index in [9.17, 15) is 13.2 Å². The molecule has 0 saturated carbocycles. The van der Waals surface area contributed by atoms with Crippen LogP contribution < -0.4 is 14.9 Å². The molecule has 2 heterocycles. The fraction of sp³-hybridized carbons (Fsp3) is 0.190. The number of fused-ring (bicyclic) bond motifs is 4. The molecule has 1 fully saturated rings. The van der Waals surface area contributed by atoms with Crippen molar-refractivity contribution in [3.05, 3.63) is 66.7 Å². The molecule has 142 valence electrons. The Labute approximate surface area is 163 Å². The number of nitrogens with one attached hydrogen (secondary N) is 2. The Morgan fingerprint density at radius 1 is 0.964 bits per heavy atom. The van der Waals surface area contributed by atoms with Gasteiger partial charge in [0.15, 0.2) is 0 Å². The summed E-state index contributed by atoms with van der Waals surface area (Å²) < 4.78 is 28.7. The van der Waals surface area contributed by atoms with E-state index in [1.54, 1.807) is 12.1 Å². The summed E-state index contributed by atoms with van der Waals surface area (Å²) in [5.74, 6) is -0.0916. The van der Waals surface area contributed by atoms with Crippen LogP contribution in [0.1, 0.15) is 6.42 Å². The van der Waals surface area contributed by atoms with E-state index in [2.05, 4.69) is 10.0 Å². The number of rotatable bonds is 3. The molecule has 0 aromatic heterocycles. The molecule has 2 aliphatic rings. The zero-order valence-electron chi connectivity index (χ0n) is 15.0. The largest absolute Gasteiger partial charge is 0.356 e. The van der Waals surface area contributed by atoms with Crippen LogP contribution in [-0.4, -0.2) is 33.0 Å². The molecule has 28 heavy (non-hydrogen) atoms. The summed E-state index contributed by atoms with van der Waals surface area (Å²) >= 11 is 0. The molecule has 3 aromatic carbocycles. The standard InChI is InChI=1S/C21H19N3O3S/c25-21-20-12-16(13-24(20)19-8-4-3-7-18(19)22-21)23-28(26,27)17-10-9-14-5-1-2-6-15(14)11-17/h1-11,16,20,23H,12-13H2,(H,22,25). The number of carbonyl (C=O) groups is 1. The first-order chi connectivity index (χ1) is 13.5. The molecular weight excluding hydrogens is 374 g/mol. The molecule has 2 aliphatic heterocycles. The molecule has 2 N–H and O–H groups in total. The maximum Gasteiger partial charge on any atom is 0.247 e. The van der Waals surface area contributed by atoms with Gasteiger partial charge in [-0.3, -0.25) is 4.79 Å². The molecule has 0 spiro atoms. The predicted molar refractivity (Wildman–Crippen MR) is 109 cm³/mol. The Hall–Kier alpha value is -2.90. The lowest BCUT2D eigenvalue weighted by atomic mass is 10.1. The summed E-state index contributed by atoms with van der Waals surface area (Å²) in [7, 11) is -3.68. The summed E-state index contributed by atoms with van der Waals surface area (Å²) in [6, 6.07) is 19.7. The van der Waals surface area contributed by atoms with Gasteiger partial charge in [-0.25, -0.2) is 13.1 Å². The van der Waals surface area contributed by atoms with Crippen molar-refractivity contribution in [2.45, 2.75) is 23.4 Å². The number of hydrogen-bond acceptors (Lipinski definition) is 4. The molecule has 0 radical (unpaired) electrons. The van der Waals surface area contributed by atoms with Gasteiger partial charge < -0.3 is 10.2 Å². The number of amides is 1. The molecule has 5 rings (SSSR count). The smallest absolute Gasteiger partial charge is 0.247 e. The van der Waals surface area contributed by atoms with Gasteiger partial charge in [0.1, 0.15) is 6.04 Å². The van der Waals surface area contributed by atoms with Crippen LogP contribution in [0.25, 0.3) is 10.8 Å². The number of benzene rings is 3. The second-order valence-electron chi connectivity index (χ2n) is 7.24. The van der Waals surface area contributed by atoms with Crippen LogP contribution in [0.3, 0.4) is 0 Å². The highest BCUT2D eigenvalue weighted by Gasteiger charge is 2.42. The van der Waals surface area contributed by atoms with Crippen LogP contribution in [0.2, 0.25) is 0 Å². The number of anilines is 2. The van der Waals surface area contributed by atoms with E-state index in [0.29, 0.717) is 13.0 Å². The highest BCUT2D eigenvalue weighted by molar-refractivity contribution is 7.89. The van der Waals surface area contributed by atoms with Gasteiger partial charge in [0.05, 0.1) is 16.3 Å². The quantitative estimate of drug-likeness (QED) is 0.717. The first kappa shape index (κ1) is 17.2. The average Bonchev–Trinajstić information content (AvgIpc) is 3.11. The van der Waals surface area contributed by atoms with Crippen molar-refractivity contribution >= 4 is 38.1 Å². The minimum atomic E-state index is -3.68. The van der Waals surface area contributed by atoms with Gasteiger partial charge in [-0.1, -0.05) is 42.5 Å². The monoisotopic (exact) mass is 393 g/mol. The number of nitrogens with zero attached hydrogens (tertiary/aromatic N) is 1. The second-order valence-corrected chi connectivity index (χ2v) is 8.95. The third-order valence-electron chi connectivity index (χ3n) is 5.43. The van der Waals surface area contributed by atoms with Crippen molar-refractivity contribution < 1.29 is 13.2 Å². The van der Waals surface area contributed by atoms with Gasteiger partial charge in [-0.2, -0.15) is 0 Å². The number of hydrogen-bond donors (Lipinski definition) is 2. The van der Waals surface area contributed by atoms with Gasteiger partial charge in [-0.15, -0.1) is 0 Å². The first-order valence-corrected chi connectivity index (χ1v) is 10.7. The van der Waals surface area contributed by atoms with Gasteiger partial charge in [0.2, 0.25) is 15.9 Å². The molecule has 0 bridgehead atoms. The molecule has 1 amide bonds. The maximum absolute atomic E-state index is 12.9. The van der Waals surface area contributed by atoms with E-state index in [4.69, 9.17) is 0 Å². The van der Waals surface area contributed by atoms with Gasteiger partial charge in [-0.05, 0) is 41.5 Å². The average molecular weight is 393 g/mol. The van der Waals surface area contributed by atoms with Crippen LogP contribution in [-0.2, 0) is 14.8 Å². The summed E-state index contributed by atoms with van der Waals surface area (Å²) in [6.07, 6.45) is 0.437. The third kappa shape index (κ3) is 2.83. The first-order valence-electron chi connectivity index (χ1n) is 9.19. The highest BCUT2D eigenvalue weighted by Crippen LogP contribution is 2.36. The molecular formula is C21H19N3O3S. The lowest BCUT2D eigenvalue weighted by Gasteiger charge is -2.32. The minimum Gasteiger partial charge on any atom is -0.356 e. The van der Waals surface area contributed by atoms with E-state index in [1.807, 2.05) is 59.5 Å². The van der Waals surface area contributed by atoms with Gasteiger partial charge >= 0.3 is 0 Å². The Morgan fingerprint density at radius 3 is 2.57 bits per heavy atom. The number of carbonyl (C=O) groups excluding carboxylic acids is 1. The molecule has 6 nitrogen and oxygen atoms in total. The van der Waals surface area contributed by atoms with Gasteiger partial charge in [0.25, 0.3) is 0 Å². The molecule has 2 atom stereocenters. The van der Waals surface area contributed by atoms with Gasteiger partial charge in [0, 0.05) is 12.6 Å². The van der Waals surface area contributed by atoms with Crippen LogP contribution in [0.15, 0.2) is 71.6 Å². The lowest BCUT2D eigenvalue weighted by molar-refractivity contribution is -0.117. The lowest BCUT2D eigenvalue weighted by Crippen LogP contribution is -2.44. The highest BCUT2D eigenvalue weighted by atomic mass is 32.2. The zero-order chi connectivity index (χ0) is 19.3. The van der Waals surface area contributed by atoms with Crippen LogP contribution in [0.4, 0.5) is 11.4 Å². The second kappa shape index (κ2) is 6.32. The van der Waals surface area contributed by atoms with Crippen molar-refractivity contribution in [2.24, 2.45) is 0 Å². The molecule has 1 saturated heterocycles. The van der Waals surface area contributed by atoms with Crippen molar-refractivity contribution in [3.63, 3.8) is 0 Å². The summed E-state index contributed by atoms with van der Waals surface area (Å²) in [5, 5.41) is 4.78. The zero-order valence-corrected chi connectivity index (χ0v) is 15.8. The van der Waals surface area contributed by atoms with E-state index in [0.717, 1.165) is 22.1 Å². The van der Waals surface area contributed by atoms with Crippen LogP contribution >= 0.6 is 0 Å². The predicted octanol–water partition coefficient (Wildman–Crippen LogP) is 2.72. The Bertz CT molecular complexity index is 1190. The van der Waals surface area contributed by atoms with Crippen molar-refractivity contribution in [3.8, 4) is 0 Å². The third-order valence-corrected chi connectivity index (χ3v) is 6.95. The summed E-state index contributed by atoms with van der Waals surface area (Å²) in [6.45, 7) is 0.460. The van der Waals surface area contributed by atoms with E-state index >= 15 is 0 Å². The fourth-order valence-electron chi connectivity index (χ4n) is 4.10. The fourth-order valence-corrected chi connectivity index (χ4v) is 5.38. The SMILES string of the molecule is O=C1Nc2ccccc2N2CC(NS(=O)(=O)c3ccc4ccccc4c3)CC12. The molecule has 7 heteroatoms. The molecule has 0 aliphatic carbocycles. The summed E-state index contributed by atoms with van der Waals surface area (Å²) in [4.78, 5) is 14.7. The van der Waals surface area contributed by atoms with E-state index < -0.39 is 10.0 Å². The van der Waals surface area contributed by atoms with E-state index in [-0.39, 0.29) is 22.9 Å². The van der Waals surface area contributed by atoms with Crippen LogP contribution in [0, 0.1) is 0 Å². The topological polar surface area (TPSA) is 78.5 Å². The maximum atomic E-state index is 12.9. The van der Waals surface area contributed by atoms with Crippen molar-refractivity contribution in [1.82, 2.24) is 4.72 Å². The molecule has 3 aromatic rings. The Balaban J connectivity index is 1.41. The number of sulfonamides is 1. The Morgan fingerprint density at radius 2 is 1.71 bits per heavy atom. The number of para-hydroxylation sites is 2. The normalized spacial score (nSPS) is 21.3. The van der Waals surface area contributed by atoms with E-state index in [1.165, 1.54) is 0 Å². The molecule has 2 unspecified atom stereocenters. The van der Waals surface area contributed by atoms with Crippen LogP contribution in [0.5, 0.6) is 0 Å². The Kier molecular flexibility index (Phi) is 3.89.